The van der Waals surface area contributed by atoms with Gasteiger partial charge in [-0.1, -0.05) is 0 Å². The summed E-state index contributed by atoms with van der Waals surface area (Å²) < 4.78 is 5.25. The lowest BCUT2D eigenvalue weighted by Crippen LogP contribution is -2.01. The van der Waals surface area contributed by atoms with Gasteiger partial charge in [0.25, 0.3) is 0 Å². The summed E-state index contributed by atoms with van der Waals surface area (Å²) in [4.78, 5) is 11.4. The molecule has 0 radical (unpaired) electrons. The van der Waals surface area contributed by atoms with Crippen molar-refractivity contribution in [2.75, 3.05) is 12.0 Å². The molecule has 0 saturated carbocycles. The summed E-state index contributed by atoms with van der Waals surface area (Å²) in [5, 5.41) is 0. The second kappa shape index (κ2) is 3.81. The number of hydrogen-bond donors (Lipinski definition) is 0. The smallest absolute Gasteiger partial charge is 0.176 e. The predicted octanol–water partition coefficient (Wildman–Crippen LogP) is 2.44. The molecule has 0 atom stereocenters. The quantitative estimate of drug-likeness (QED) is 0.676. The van der Waals surface area contributed by atoms with Crippen molar-refractivity contribution < 1.29 is 9.21 Å². The topological polar surface area (TPSA) is 30.2 Å². The minimum Gasteiger partial charge on any atom is -0.466 e. The molecule has 0 bridgehead atoms. The summed E-state index contributed by atoms with van der Waals surface area (Å²) in [5.74, 6) is 2.21. The number of Topliss-reactive ketones (excluding diaryl/α,β-unsaturated/α-hetero) is 1. The molecule has 3 heteroatoms. The van der Waals surface area contributed by atoms with Crippen LogP contribution in [0.3, 0.4) is 0 Å². The van der Waals surface area contributed by atoms with Crippen LogP contribution in [0.4, 0.5) is 0 Å². The molecule has 0 N–H and O–H groups in total. The van der Waals surface area contributed by atoms with Crippen molar-refractivity contribution in [3.05, 3.63) is 23.2 Å². The highest BCUT2D eigenvalue weighted by molar-refractivity contribution is 7.99. The highest BCUT2D eigenvalue weighted by Gasteiger charge is 2.11. The monoisotopic (exact) mass is 184 g/mol. The second-order valence-electron chi connectivity index (χ2n) is 2.68. The molecule has 0 aliphatic heterocycles. The highest BCUT2D eigenvalue weighted by Crippen LogP contribution is 2.15. The Hall–Kier alpha value is -0.700. The molecule has 0 saturated heterocycles. The van der Waals surface area contributed by atoms with Crippen LogP contribution in [0.5, 0.6) is 0 Å². The first-order valence-electron chi connectivity index (χ1n) is 3.74. The van der Waals surface area contributed by atoms with Gasteiger partial charge >= 0.3 is 0 Å². The van der Waals surface area contributed by atoms with Gasteiger partial charge in [0.2, 0.25) is 0 Å². The molecule has 0 aliphatic rings. The summed E-state index contributed by atoms with van der Waals surface area (Å²) >= 11 is 1.53. The van der Waals surface area contributed by atoms with E-state index >= 15 is 0 Å². The zero-order valence-corrected chi connectivity index (χ0v) is 8.33. The van der Waals surface area contributed by atoms with E-state index in [-0.39, 0.29) is 5.78 Å². The lowest BCUT2D eigenvalue weighted by Gasteiger charge is -1.93. The number of furan rings is 1. The zero-order valence-electron chi connectivity index (χ0n) is 7.51. The Kier molecular flexibility index (Phi) is 2.98. The van der Waals surface area contributed by atoms with Crippen LogP contribution >= 0.6 is 11.8 Å². The van der Waals surface area contributed by atoms with Crippen molar-refractivity contribution in [3.63, 3.8) is 0 Å². The molecule has 0 aliphatic carbocycles. The van der Waals surface area contributed by atoms with E-state index in [0.29, 0.717) is 5.75 Å². The number of rotatable bonds is 3. The van der Waals surface area contributed by atoms with Gasteiger partial charge in [0.15, 0.2) is 5.78 Å². The van der Waals surface area contributed by atoms with Crippen LogP contribution in [0, 0.1) is 13.8 Å². The van der Waals surface area contributed by atoms with Crippen LogP contribution in [-0.4, -0.2) is 17.8 Å². The third kappa shape index (κ3) is 1.91. The minimum absolute atomic E-state index is 0.150. The fraction of sp³-hybridized carbons (Fsp3) is 0.444. The van der Waals surface area contributed by atoms with Crippen LogP contribution < -0.4 is 0 Å². The van der Waals surface area contributed by atoms with Gasteiger partial charge < -0.3 is 4.42 Å². The summed E-state index contributed by atoms with van der Waals surface area (Å²) in [6.45, 7) is 3.67. The Labute approximate surface area is 76.3 Å². The third-order valence-electron chi connectivity index (χ3n) is 1.62. The molecule has 1 rings (SSSR count). The highest BCUT2D eigenvalue weighted by atomic mass is 32.2. The average Bonchev–Trinajstić information content (AvgIpc) is 2.30. The summed E-state index contributed by atoms with van der Waals surface area (Å²) in [7, 11) is 0. The first-order chi connectivity index (χ1) is 5.65. The van der Waals surface area contributed by atoms with Gasteiger partial charge in [-0.3, -0.25) is 4.79 Å². The van der Waals surface area contributed by atoms with Gasteiger partial charge in [-0.25, -0.2) is 0 Å². The molecule has 2 nitrogen and oxygen atoms in total. The van der Waals surface area contributed by atoms with E-state index in [1.54, 1.807) is 6.07 Å². The molecule has 1 heterocycles. The van der Waals surface area contributed by atoms with E-state index in [1.807, 2.05) is 20.1 Å². The van der Waals surface area contributed by atoms with Gasteiger partial charge in [-0.05, 0) is 26.2 Å². The average molecular weight is 184 g/mol. The van der Waals surface area contributed by atoms with Crippen molar-refractivity contribution in [3.8, 4) is 0 Å². The fourth-order valence-electron chi connectivity index (χ4n) is 1.12. The Morgan fingerprint density at radius 3 is 2.67 bits per heavy atom. The number of thioether (sulfide) groups is 1. The van der Waals surface area contributed by atoms with Crippen molar-refractivity contribution in [2.24, 2.45) is 0 Å². The molecule has 0 aromatic carbocycles. The Morgan fingerprint density at radius 1 is 1.58 bits per heavy atom. The Morgan fingerprint density at radius 2 is 2.25 bits per heavy atom. The fourth-order valence-corrected chi connectivity index (χ4v) is 1.53. The SMILES string of the molecule is CSCC(=O)c1cc(C)oc1C. The van der Waals surface area contributed by atoms with Crippen LogP contribution in [0.25, 0.3) is 0 Å². The number of carbonyl (C=O) groups excluding carboxylic acids is 1. The molecule has 1 aromatic heterocycles. The number of ketones is 1. The molecule has 1 aromatic rings. The molecule has 0 unspecified atom stereocenters. The molecule has 66 valence electrons. The van der Waals surface area contributed by atoms with E-state index < -0.39 is 0 Å². The normalized spacial score (nSPS) is 10.2. The van der Waals surface area contributed by atoms with E-state index in [2.05, 4.69) is 0 Å². The maximum Gasteiger partial charge on any atom is 0.176 e. The van der Waals surface area contributed by atoms with Crippen molar-refractivity contribution in [1.29, 1.82) is 0 Å². The molecule has 0 spiro atoms. The lowest BCUT2D eigenvalue weighted by molar-refractivity contribution is 0.102. The number of carbonyl (C=O) groups is 1. The molecular weight excluding hydrogens is 172 g/mol. The van der Waals surface area contributed by atoms with Gasteiger partial charge in [-0.15, -0.1) is 0 Å². The standard InChI is InChI=1S/C9H12O2S/c1-6-4-8(7(2)11-6)9(10)5-12-3/h4H,5H2,1-3H3. The Balaban J connectivity index is 2.87. The maximum absolute atomic E-state index is 11.4. The largest absolute Gasteiger partial charge is 0.466 e. The van der Waals surface area contributed by atoms with E-state index in [9.17, 15) is 4.79 Å². The third-order valence-corrected chi connectivity index (χ3v) is 2.17. The second-order valence-corrected chi connectivity index (χ2v) is 3.55. The van der Waals surface area contributed by atoms with Gasteiger partial charge in [0.05, 0.1) is 11.3 Å². The van der Waals surface area contributed by atoms with E-state index in [1.165, 1.54) is 11.8 Å². The maximum atomic E-state index is 11.4. The van der Waals surface area contributed by atoms with Crippen LogP contribution in [-0.2, 0) is 0 Å². The van der Waals surface area contributed by atoms with Crippen molar-refractivity contribution in [1.82, 2.24) is 0 Å². The van der Waals surface area contributed by atoms with Crippen LogP contribution in [0.1, 0.15) is 21.9 Å². The zero-order chi connectivity index (χ0) is 9.14. The van der Waals surface area contributed by atoms with E-state index in [0.717, 1.165) is 17.1 Å². The van der Waals surface area contributed by atoms with Gasteiger partial charge in [0, 0.05) is 0 Å². The van der Waals surface area contributed by atoms with E-state index in [4.69, 9.17) is 4.42 Å². The molecule has 0 fully saturated rings. The summed E-state index contributed by atoms with van der Waals surface area (Å²) in [6, 6.07) is 1.80. The molecule has 12 heavy (non-hydrogen) atoms. The van der Waals surface area contributed by atoms with Crippen LogP contribution in [0.15, 0.2) is 10.5 Å². The predicted molar refractivity (Wildman–Crippen MR) is 50.9 cm³/mol. The van der Waals surface area contributed by atoms with Crippen LogP contribution in [0.2, 0.25) is 0 Å². The van der Waals surface area contributed by atoms with Crippen molar-refractivity contribution in [2.45, 2.75) is 13.8 Å². The summed E-state index contributed by atoms with van der Waals surface area (Å²) in [5.41, 5.74) is 0.724. The first kappa shape index (κ1) is 9.39. The molecule has 0 amide bonds. The summed E-state index contributed by atoms with van der Waals surface area (Å²) in [6.07, 6.45) is 1.92. The number of aryl methyl sites for hydroxylation is 2. The lowest BCUT2D eigenvalue weighted by atomic mass is 10.2. The van der Waals surface area contributed by atoms with Gasteiger partial charge in [-0.2, -0.15) is 11.8 Å². The van der Waals surface area contributed by atoms with Crippen molar-refractivity contribution >= 4 is 17.5 Å². The first-order valence-corrected chi connectivity index (χ1v) is 5.13. The minimum atomic E-state index is 0.150. The van der Waals surface area contributed by atoms with Gasteiger partial charge in [0.1, 0.15) is 11.5 Å². The molecular formula is C9H12O2S. The number of hydrogen-bond acceptors (Lipinski definition) is 3. The Bertz CT molecular complexity index is 289.